The van der Waals surface area contributed by atoms with Crippen molar-refractivity contribution in [3.63, 3.8) is 0 Å². The molecule has 0 aromatic heterocycles. The zero-order valence-corrected chi connectivity index (χ0v) is 6.14. The molecule has 0 atom stereocenters. The zero-order valence-electron chi connectivity index (χ0n) is 5.33. The van der Waals surface area contributed by atoms with Crippen LogP contribution in [0.1, 0.15) is 6.92 Å². The summed E-state index contributed by atoms with van der Waals surface area (Å²) in [7, 11) is 0. The van der Waals surface area contributed by atoms with E-state index in [-0.39, 0.29) is 4.91 Å². The molecule has 1 rings (SSSR count). The second-order valence-corrected chi connectivity index (χ2v) is 2.61. The molecule has 0 spiro atoms. The Labute approximate surface area is 62.4 Å². The van der Waals surface area contributed by atoms with Crippen molar-refractivity contribution in [2.24, 2.45) is 0 Å². The van der Waals surface area contributed by atoms with Crippen LogP contribution in [-0.2, 0) is 9.53 Å². The van der Waals surface area contributed by atoms with Crippen LogP contribution in [0.2, 0.25) is 0 Å². The number of carboxylic acid groups (broad SMARTS) is 1. The van der Waals surface area contributed by atoms with E-state index in [4.69, 9.17) is 9.84 Å². The highest BCUT2D eigenvalue weighted by atomic mass is 32.2. The average molecular weight is 158 g/mol. The zero-order chi connectivity index (χ0) is 7.56. The molecular formula is C6H6O3S. The molecule has 54 valence electrons. The van der Waals surface area contributed by atoms with E-state index in [1.54, 1.807) is 12.3 Å². The molecule has 0 aromatic rings. The molecule has 1 aliphatic heterocycles. The molecule has 4 heteroatoms. The SMILES string of the molecule is CC1=C(C(=O)O)SC=CO1. The van der Waals surface area contributed by atoms with Crippen molar-refractivity contribution < 1.29 is 14.6 Å². The van der Waals surface area contributed by atoms with Crippen LogP contribution in [0, 0.1) is 0 Å². The maximum Gasteiger partial charge on any atom is 0.346 e. The standard InChI is InChI=1S/C6H6O3S/c1-4-5(6(7)8)10-3-2-9-4/h2-3H,1H3,(H,7,8). The van der Waals surface area contributed by atoms with Gasteiger partial charge in [0.05, 0.1) is 6.26 Å². The third-order valence-corrected chi connectivity index (χ3v) is 1.95. The maximum absolute atomic E-state index is 10.4. The highest BCUT2D eigenvalue weighted by molar-refractivity contribution is 8.06. The van der Waals surface area contributed by atoms with Crippen LogP contribution in [0.4, 0.5) is 0 Å². The summed E-state index contributed by atoms with van der Waals surface area (Å²) in [6.07, 6.45) is 1.46. The summed E-state index contributed by atoms with van der Waals surface area (Å²) in [6.45, 7) is 1.62. The van der Waals surface area contributed by atoms with Gasteiger partial charge in [-0.05, 0) is 6.92 Å². The fourth-order valence-corrected chi connectivity index (χ4v) is 1.13. The lowest BCUT2D eigenvalue weighted by Gasteiger charge is -2.08. The molecule has 0 radical (unpaired) electrons. The van der Waals surface area contributed by atoms with Crippen molar-refractivity contribution in [1.29, 1.82) is 0 Å². The van der Waals surface area contributed by atoms with Crippen molar-refractivity contribution >= 4 is 17.7 Å². The molecule has 1 aliphatic rings. The first-order valence-electron chi connectivity index (χ1n) is 2.64. The van der Waals surface area contributed by atoms with Gasteiger partial charge in [0.15, 0.2) is 0 Å². The Balaban J connectivity index is 2.81. The van der Waals surface area contributed by atoms with Gasteiger partial charge in [-0.3, -0.25) is 0 Å². The minimum absolute atomic E-state index is 0.252. The van der Waals surface area contributed by atoms with Crippen molar-refractivity contribution in [3.8, 4) is 0 Å². The largest absolute Gasteiger partial charge is 0.477 e. The second kappa shape index (κ2) is 2.79. The monoisotopic (exact) mass is 158 g/mol. The first-order valence-corrected chi connectivity index (χ1v) is 3.52. The third kappa shape index (κ3) is 1.33. The molecule has 0 amide bonds. The summed E-state index contributed by atoms with van der Waals surface area (Å²) in [5.41, 5.74) is 0. The predicted molar refractivity (Wildman–Crippen MR) is 38.2 cm³/mol. The summed E-state index contributed by atoms with van der Waals surface area (Å²) in [5.74, 6) is -0.494. The first kappa shape index (κ1) is 7.21. The van der Waals surface area contributed by atoms with Crippen molar-refractivity contribution in [2.45, 2.75) is 6.92 Å². The number of rotatable bonds is 1. The van der Waals surface area contributed by atoms with Gasteiger partial charge in [-0.15, -0.1) is 0 Å². The fourth-order valence-electron chi connectivity index (χ4n) is 0.563. The Morgan fingerprint density at radius 3 is 2.90 bits per heavy atom. The van der Waals surface area contributed by atoms with Crippen LogP contribution >= 0.6 is 11.8 Å². The van der Waals surface area contributed by atoms with E-state index in [1.165, 1.54) is 6.26 Å². The van der Waals surface area contributed by atoms with Gasteiger partial charge in [0.2, 0.25) is 0 Å². The summed E-state index contributed by atoms with van der Waals surface area (Å²) in [5, 5.41) is 10.1. The average Bonchev–Trinajstić information content (AvgIpc) is 1.88. The summed E-state index contributed by atoms with van der Waals surface area (Å²) < 4.78 is 4.85. The lowest BCUT2D eigenvalue weighted by Crippen LogP contribution is -2.01. The Bertz CT molecular complexity index is 217. The van der Waals surface area contributed by atoms with Gasteiger partial charge in [-0.1, -0.05) is 11.8 Å². The van der Waals surface area contributed by atoms with Gasteiger partial charge in [-0.2, -0.15) is 0 Å². The van der Waals surface area contributed by atoms with E-state index in [1.807, 2.05) is 0 Å². The normalized spacial score (nSPS) is 16.9. The lowest BCUT2D eigenvalue weighted by atomic mass is 10.5. The van der Waals surface area contributed by atoms with E-state index in [2.05, 4.69) is 0 Å². The predicted octanol–water partition coefficient (Wildman–Crippen LogP) is 1.54. The number of carbonyl (C=O) groups is 1. The highest BCUT2D eigenvalue weighted by Gasteiger charge is 2.14. The molecule has 0 saturated carbocycles. The molecule has 0 fully saturated rings. The molecule has 0 unspecified atom stereocenters. The van der Waals surface area contributed by atoms with Gasteiger partial charge in [-0.25, -0.2) is 4.79 Å². The maximum atomic E-state index is 10.4. The number of carboxylic acids is 1. The van der Waals surface area contributed by atoms with Crippen LogP contribution in [0.15, 0.2) is 22.3 Å². The van der Waals surface area contributed by atoms with Crippen molar-refractivity contribution in [1.82, 2.24) is 0 Å². The lowest BCUT2D eigenvalue weighted by molar-refractivity contribution is -0.132. The summed E-state index contributed by atoms with van der Waals surface area (Å²) in [6, 6.07) is 0. The number of allylic oxidation sites excluding steroid dienone is 1. The first-order chi connectivity index (χ1) is 4.72. The van der Waals surface area contributed by atoms with E-state index >= 15 is 0 Å². The van der Waals surface area contributed by atoms with E-state index in [0.29, 0.717) is 5.76 Å². The minimum atomic E-state index is -0.938. The second-order valence-electron chi connectivity index (χ2n) is 1.70. The Morgan fingerprint density at radius 2 is 2.50 bits per heavy atom. The molecular weight excluding hydrogens is 152 g/mol. The summed E-state index contributed by atoms with van der Waals surface area (Å²) in [4.78, 5) is 10.6. The Kier molecular flexibility index (Phi) is 2.01. The summed E-state index contributed by atoms with van der Waals surface area (Å²) >= 11 is 1.15. The topological polar surface area (TPSA) is 46.5 Å². The highest BCUT2D eigenvalue weighted by Crippen LogP contribution is 2.25. The Hall–Kier alpha value is -0.900. The van der Waals surface area contributed by atoms with Gasteiger partial charge in [0, 0.05) is 5.41 Å². The molecule has 0 saturated heterocycles. The number of ether oxygens (including phenoxy) is 1. The quantitative estimate of drug-likeness (QED) is 0.628. The van der Waals surface area contributed by atoms with Crippen molar-refractivity contribution in [2.75, 3.05) is 0 Å². The smallest absolute Gasteiger partial charge is 0.346 e. The molecule has 10 heavy (non-hydrogen) atoms. The number of aliphatic carboxylic acids is 1. The van der Waals surface area contributed by atoms with Gasteiger partial charge in [0.1, 0.15) is 10.7 Å². The molecule has 0 bridgehead atoms. The van der Waals surface area contributed by atoms with Gasteiger partial charge >= 0.3 is 5.97 Å². The van der Waals surface area contributed by atoms with Crippen molar-refractivity contribution in [3.05, 3.63) is 22.3 Å². The fraction of sp³-hybridized carbons (Fsp3) is 0.167. The van der Waals surface area contributed by atoms with E-state index in [0.717, 1.165) is 11.8 Å². The number of thioether (sulfide) groups is 1. The minimum Gasteiger partial charge on any atom is -0.477 e. The number of hydrogen-bond donors (Lipinski definition) is 1. The van der Waals surface area contributed by atoms with Crippen LogP contribution in [0.25, 0.3) is 0 Å². The van der Waals surface area contributed by atoms with Crippen LogP contribution in [0.5, 0.6) is 0 Å². The van der Waals surface area contributed by atoms with Crippen LogP contribution in [0.3, 0.4) is 0 Å². The van der Waals surface area contributed by atoms with E-state index < -0.39 is 5.97 Å². The molecule has 1 heterocycles. The Morgan fingerprint density at radius 1 is 1.80 bits per heavy atom. The molecule has 0 aliphatic carbocycles. The van der Waals surface area contributed by atoms with E-state index in [9.17, 15) is 4.79 Å². The van der Waals surface area contributed by atoms with Crippen LogP contribution in [-0.4, -0.2) is 11.1 Å². The number of hydrogen-bond acceptors (Lipinski definition) is 3. The molecule has 0 aromatic carbocycles. The third-order valence-electron chi connectivity index (χ3n) is 1.00. The molecule has 1 N–H and O–H groups in total. The van der Waals surface area contributed by atoms with Crippen LogP contribution < -0.4 is 0 Å². The van der Waals surface area contributed by atoms with Gasteiger partial charge < -0.3 is 9.84 Å². The molecule has 3 nitrogen and oxygen atoms in total. The van der Waals surface area contributed by atoms with Gasteiger partial charge in [0.25, 0.3) is 0 Å².